The molecule has 1 aromatic rings. The zero-order chi connectivity index (χ0) is 15.9. The van der Waals surface area contributed by atoms with Crippen LogP contribution in [0.1, 0.15) is 18.4 Å². The number of carbonyl (C=O) groups is 2. The van der Waals surface area contributed by atoms with Crippen LogP contribution >= 0.6 is 0 Å². The number of ether oxygens (including phenoxy) is 2. The number of benzene rings is 1. The summed E-state index contributed by atoms with van der Waals surface area (Å²) in [5.74, 6) is -1.23. The predicted molar refractivity (Wildman–Crippen MR) is 79.8 cm³/mol. The number of para-hydroxylation sites is 1. The van der Waals surface area contributed by atoms with Gasteiger partial charge in [0.1, 0.15) is 11.9 Å². The molecule has 2 atom stereocenters. The number of carboxylic acid groups (broad SMARTS) is 1. The Morgan fingerprint density at radius 3 is 2.86 bits per heavy atom. The van der Waals surface area contributed by atoms with Crippen LogP contribution in [0.25, 0.3) is 0 Å². The van der Waals surface area contributed by atoms with Crippen LogP contribution in [-0.2, 0) is 20.7 Å². The zero-order valence-corrected chi connectivity index (χ0v) is 12.6. The van der Waals surface area contributed by atoms with Gasteiger partial charge in [-0.05, 0) is 30.9 Å². The summed E-state index contributed by atoms with van der Waals surface area (Å²) in [6, 6.07) is 7.29. The Balaban J connectivity index is 1.95. The largest absolute Gasteiger partial charge is 0.496 e. The molecule has 6 nitrogen and oxygen atoms in total. The highest BCUT2D eigenvalue weighted by atomic mass is 16.5. The van der Waals surface area contributed by atoms with Crippen molar-refractivity contribution >= 4 is 11.9 Å². The number of carbonyl (C=O) groups excluding carboxylic acids is 1. The van der Waals surface area contributed by atoms with Crippen LogP contribution in [0.2, 0.25) is 0 Å². The van der Waals surface area contributed by atoms with Gasteiger partial charge in [-0.3, -0.25) is 9.59 Å². The second kappa shape index (κ2) is 7.79. The molecule has 1 aromatic carbocycles. The van der Waals surface area contributed by atoms with Gasteiger partial charge < -0.3 is 19.9 Å². The molecular weight excluding hydrogens is 286 g/mol. The lowest BCUT2D eigenvalue weighted by molar-refractivity contribution is -0.141. The molecule has 1 heterocycles. The van der Waals surface area contributed by atoms with Crippen LogP contribution in [0.15, 0.2) is 24.3 Å². The van der Waals surface area contributed by atoms with E-state index in [1.165, 1.54) is 0 Å². The maximum atomic E-state index is 11.9. The summed E-state index contributed by atoms with van der Waals surface area (Å²) in [5, 5.41) is 12.0. The number of hydrogen-bond donors (Lipinski definition) is 2. The van der Waals surface area contributed by atoms with E-state index in [-0.39, 0.29) is 12.5 Å². The molecule has 0 bridgehead atoms. The van der Waals surface area contributed by atoms with E-state index in [2.05, 4.69) is 5.32 Å². The zero-order valence-electron chi connectivity index (χ0n) is 12.6. The van der Waals surface area contributed by atoms with Gasteiger partial charge in [0.2, 0.25) is 5.91 Å². The van der Waals surface area contributed by atoms with Crippen LogP contribution < -0.4 is 10.1 Å². The fraction of sp³-hybridized carbons (Fsp3) is 0.500. The normalized spacial score (nSPS) is 18.7. The Bertz CT molecular complexity index is 525. The standard InChI is InChI=1S/C16H21NO5/c1-21-13-6-3-2-5-11(13)9-12(16(19)20)10-17-15(18)14-7-4-8-22-14/h2-3,5-6,12,14H,4,7-10H2,1H3,(H,17,18)(H,19,20). The lowest BCUT2D eigenvalue weighted by Crippen LogP contribution is -2.39. The third-order valence-corrected chi connectivity index (χ3v) is 3.75. The summed E-state index contributed by atoms with van der Waals surface area (Å²) >= 11 is 0. The van der Waals surface area contributed by atoms with Crippen molar-refractivity contribution in [2.75, 3.05) is 20.3 Å². The van der Waals surface area contributed by atoms with Gasteiger partial charge in [0, 0.05) is 13.2 Å². The summed E-state index contributed by atoms with van der Waals surface area (Å²) in [7, 11) is 1.55. The number of nitrogens with one attached hydrogen (secondary N) is 1. The maximum Gasteiger partial charge on any atom is 0.308 e. The summed E-state index contributed by atoms with van der Waals surface area (Å²) < 4.78 is 10.5. The van der Waals surface area contributed by atoms with Gasteiger partial charge in [0.25, 0.3) is 0 Å². The van der Waals surface area contributed by atoms with E-state index < -0.39 is 18.0 Å². The molecule has 1 aliphatic rings. The minimum atomic E-state index is -0.946. The molecule has 2 rings (SSSR count). The Labute approximate surface area is 129 Å². The summed E-state index contributed by atoms with van der Waals surface area (Å²) in [6.07, 6.45) is 1.41. The molecule has 120 valence electrons. The second-order valence-electron chi connectivity index (χ2n) is 5.30. The van der Waals surface area contributed by atoms with Crippen molar-refractivity contribution < 1.29 is 24.2 Å². The molecule has 6 heteroatoms. The Morgan fingerprint density at radius 1 is 1.45 bits per heavy atom. The first-order chi connectivity index (χ1) is 10.6. The highest BCUT2D eigenvalue weighted by Crippen LogP contribution is 2.21. The molecule has 0 aromatic heterocycles. The quantitative estimate of drug-likeness (QED) is 0.791. The van der Waals surface area contributed by atoms with Gasteiger partial charge in [0.15, 0.2) is 0 Å². The van der Waals surface area contributed by atoms with Crippen molar-refractivity contribution in [1.29, 1.82) is 0 Å². The number of aliphatic carboxylic acids is 1. The molecule has 0 saturated carbocycles. The topological polar surface area (TPSA) is 84.9 Å². The summed E-state index contributed by atoms with van der Waals surface area (Å²) in [6.45, 7) is 0.660. The lowest BCUT2D eigenvalue weighted by atomic mass is 9.98. The van der Waals surface area contributed by atoms with Crippen LogP contribution in [0.3, 0.4) is 0 Å². The fourth-order valence-electron chi connectivity index (χ4n) is 2.51. The first-order valence-corrected chi connectivity index (χ1v) is 7.36. The van der Waals surface area contributed by atoms with E-state index >= 15 is 0 Å². The second-order valence-corrected chi connectivity index (χ2v) is 5.30. The minimum absolute atomic E-state index is 0.0755. The molecule has 0 spiro atoms. The smallest absolute Gasteiger partial charge is 0.308 e. The van der Waals surface area contributed by atoms with Crippen molar-refractivity contribution in [3.8, 4) is 5.75 Å². The third-order valence-electron chi connectivity index (χ3n) is 3.75. The predicted octanol–water partition coefficient (Wildman–Crippen LogP) is 1.23. The third kappa shape index (κ3) is 4.21. The highest BCUT2D eigenvalue weighted by molar-refractivity contribution is 5.81. The number of methoxy groups -OCH3 is 1. The van der Waals surface area contributed by atoms with E-state index in [4.69, 9.17) is 9.47 Å². The Hall–Kier alpha value is -2.08. The fourth-order valence-corrected chi connectivity index (χ4v) is 2.51. The Kier molecular flexibility index (Phi) is 5.77. The van der Waals surface area contributed by atoms with Gasteiger partial charge >= 0.3 is 5.97 Å². The molecule has 2 N–H and O–H groups in total. The molecular formula is C16H21NO5. The van der Waals surface area contributed by atoms with Gasteiger partial charge in [0.05, 0.1) is 13.0 Å². The number of hydrogen-bond acceptors (Lipinski definition) is 4. The van der Waals surface area contributed by atoms with Crippen molar-refractivity contribution in [2.24, 2.45) is 5.92 Å². The Morgan fingerprint density at radius 2 is 2.23 bits per heavy atom. The number of amides is 1. The van der Waals surface area contributed by atoms with Gasteiger partial charge in [-0.15, -0.1) is 0 Å². The molecule has 1 saturated heterocycles. The average molecular weight is 307 g/mol. The van der Waals surface area contributed by atoms with Gasteiger partial charge in [-0.1, -0.05) is 18.2 Å². The van der Waals surface area contributed by atoms with Gasteiger partial charge in [-0.25, -0.2) is 0 Å². The molecule has 1 fully saturated rings. The van der Waals surface area contributed by atoms with Crippen LogP contribution in [-0.4, -0.2) is 43.3 Å². The highest BCUT2D eigenvalue weighted by Gasteiger charge is 2.26. The van der Waals surface area contributed by atoms with Crippen LogP contribution in [0, 0.1) is 5.92 Å². The van der Waals surface area contributed by atoms with E-state index in [9.17, 15) is 14.7 Å². The number of carboxylic acids is 1. The SMILES string of the molecule is COc1ccccc1CC(CNC(=O)C1CCCO1)C(=O)O. The van der Waals surface area contributed by atoms with Gasteiger partial charge in [-0.2, -0.15) is 0 Å². The maximum absolute atomic E-state index is 11.9. The molecule has 0 radical (unpaired) electrons. The van der Waals surface area contributed by atoms with E-state index in [1.54, 1.807) is 13.2 Å². The molecule has 22 heavy (non-hydrogen) atoms. The number of rotatable bonds is 7. The lowest BCUT2D eigenvalue weighted by Gasteiger charge is -2.17. The van der Waals surface area contributed by atoms with Crippen molar-refractivity contribution in [2.45, 2.75) is 25.4 Å². The molecule has 1 aliphatic heterocycles. The van der Waals surface area contributed by atoms with E-state index in [0.717, 1.165) is 12.0 Å². The minimum Gasteiger partial charge on any atom is -0.496 e. The van der Waals surface area contributed by atoms with E-state index in [0.29, 0.717) is 25.2 Å². The van der Waals surface area contributed by atoms with Crippen molar-refractivity contribution in [1.82, 2.24) is 5.32 Å². The van der Waals surface area contributed by atoms with Crippen molar-refractivity contribution in [3.05, 3.63) is 29.8 Å². The monoisotopic (exact) mass is 307 g/mol. The molecule has 1 amide bonds. The summed E-state index contributed by atoms with van der Waals surface area (Å²) in [4.78, 5) is 23.3. The molecule has 2 unspecified atom stereocenters. The molecule has 0 aliphatic carbocycles. The first-order valence-electron chi connectivity index (χ1n) is 7.36. The van der Waals surface area contributed by atoms with Crippen LogP contribution in [0.4, 0.5) is 0 Å². The average Bonchev–Trinajstić information content (AvgIpc) is 3.05. The van der Waals surface area contributed by atoms with Crippen molar-refractivity contribution in [3.63, 3.8) is 0 Å². The first kappa shape index (κ1) is 16.3. The summed E-state index contributed by atoms with van der Waals surface area (Å²) in [5.41, 5.74) is 0.809. The van der Waals surface area contributed by atoms with E-state index in [1.807, 2.05) is 18.2 Å². The van der Waals surface area contributed by atoms with Crippen LogP contribution in [0.5, 0.6) is 5.75 Å².